The second-order valence-electron chi connectivity index (χ2n) is 7.21. The van der Waals surface area contributed by atoms with Crippen molar-refractivity contribution in [2.75, 3.05) is 24.7 Å². The number of ether oxygens (including phenoxy) is 3. The number of hydrogen-bond acceptors (Lipinski definition) is 7. The van der Waals surface area contributed by atoms with Crippen LogP contribution in [0.15, 0.2) is 48.0 Å². The third kappa shape index (κ3) is 5.61. The van der Waals surface area contributed by atoms with E-state index >= 15 is 0 Å². The van der Waals surface area contributed by atoms with Crippen LogP contribution in [0.3, 0.4) is 0 Å². The molecule has 0 spiro atoms. The summed E-state index contributed by atoms with van der Waals surface area (Å²) >= 11 is 0. The summed E-state index contributed by atoms with van der Waals surface area (Å²) in [5.74, 6) is -1.41. The molecule has 4 amide bonds. The standard InChI is InChI=1S/C25H26N2O7/c1-4-16-7-10-18(11-8-16)27-24(30)19(23(29)26-25(27)31)13-17-9-12-20(21(14-17)32-5-2)34-15-22(28)33-6-3/h7-14H,4-6,15H2,1-3H3,(H,26,29,31)/b19-13-. The Morgan fingerprint density at radius 2 is 1.68 bits per heavy atom. The lowest BCUT2D eigenvalue weighted by Crippen LogP contribution is -2.54. The van der Waals surface area contributed by atoms with Crippen LogP contribution in [0.2, 0.25) is 0 Å². The van der Waals surface area contributed by atoms with E-state index in [4.69, 9.17) is 14.2 Å². The molecule has 1 aliphatic rings. The van der Waals surface area contributed by atoms with Gasteiger partial charge in [-0.1, -0.05) is 25.1 Å². The van der Waals surface area contributed by atoms with E-state index in [9.17, 15) is 19.2 Å². The number of urea groups is 1. The topological polar surface area (TPSA) is 111 Å². The summed E-state index contributed by atoms with van der Waals surface area (Å²) in [5.41, 5.74) is 1.67. The normalized spacial score (nSPS) is 14.7. The monoisotopic (exact) mass is 466 g/mol. The first-order chi connectivity index (χ1) is 16.4. The number of imide groups is 2. The molecule has 178 valence electrons. The summed E-state index contributed by atoms with van der Waals surface area (Å²) in [4.78, 5) is 50.5. The highest BCUT2D eigenvalue weighted by molar-refractivity contribution is 6.39. The van der Waals surface area contributed by atoms with Crippen LogP contribution in [-0.2, 0) is 25.5 Å². The van der Waals surface area contributed by atoms with Crippen molar-refractivity contribution in [1.82, 2.24) is 5.32 Å². The van der Waals surface area contributed by atoms with Crippen molar-refractivity contribution in [3.05, 3.63) is 59.2 Å². The number of nitrogens with zero attached hydrogens (tertiary/aromatic N) is 1. The molecule has 34 heavy (non-hydrogen) atoms. The fourth-order valence-electron chi connectivity index (χ4n) is 3.28. The number of carbonyl (C=O) groups is 4. The van der Waals surface area contributed by atoms with Crippen molar-refractivity contribution in [2.45, 2.75) is 27.2 Å². The Bertz CT molecular complexity index is 1120. The molecule has 1 aliphatic heterocycles. The van der Waals surface area contributed by atoms with E-state index in [1.807, 2.05) is 19.1 Å². The molecule has 1 saturated heterocycles. The average molecular weight is 466 g/mol. The summed E-state index contributed by atoms with van der Waals surface area (Å²) in [5, 5.41) is 2.20. The molecule has 3 rings (SSSR count). The lowest BCUT2D eigenvalue weighted by molar-refractivity contribution is -0.145. The van der Waals surface area contributed by atoms with E-state index < -0.39 is 23.8 Å². The molecule has 1 heterocycles. The maximum Gasteiger partial charge on any atom is 0.344 e. The minimum atomic E-state index is -0.811. The van der Waals surface area contributed by atoms with Gasteiger partial charge in [0.25, 0.3) is 11.8 Å². The van der Waals surface area contributed by atoms with Gasteiger partial charge in [-0.2, -0.15) is 0 Å². The minimum Gasteiger partial charge on any atom is -0.490 e. The zero-order valence-corrected chi connectivity index (χ0v) is 19.3. The van der Waals surface area contributed by atoms with Gasteiger partial charge in [0, 0.05) is 0 Å². The molecule has 2 aromatic carbocycles. The molecule has 1 fully saturated rings. The van der Waals surface area contributed by atoms with Gasteiger partial charge >= 0.3 is 12.0 Å². The van der Waals surface area contributed by atoms with Crippen molar-refractivity contribution < 1.29 is 33.4 Å². The van der Waals surface area contributed by atoms with Crippen LogP contribution in [0.25, 0.3) is 6.08 Å². The number of amides is 4. The van der Waals surface area contributed by atoms with Crippen LogP contribution in [0.5, 0.6) is 11.5 Å². The second kappa shape index (κ2) is 11.1. The zero-order valence-electron chi connectivity index (χ0n) is 19.3. The Morgan fingerprint density at radius 3 is 2.32 bits per heavy atom. The van der Waals surface area contributed by atoms with Crippen LogP contribution < -0.4 is 19.7 Å². The van der Waals surface area contributed by atoms with Gasteiger partial charge in [-0.25, -0.2) is 14.5 Å². The van der Waals surface area contributed by atoms with Gasteiger partial charge < -0.3 is 14.2 Å². The molecule has 0 aromatic heterocycles. The van der Waals surface area contributed by atoms with Gasteiger partial charge in [0.15, 0.2) is 18.1 Å². The number of hydrogen-bond donors (Lipinski definition) is 1. The Morgan fingerprint density at radius 1 is 0.941 bits per heavy atom. The van der Waals surface area contributed by atoms with Gasteiger partial charge in [-0.15, -0.1) is 0 Å². The van der Waals surface area contributed by atoms with E-state index in [2.05, 4.69) is 5.32 Å². The van der Waals surface area contributed by atoms with Crippen LogP contribution in [-0.4, -0.2) is 43.6 Å². The first kappa shape index (κ1) is 24.5. The highest BCUT2D eigenvalue weighted by Gasteiger charge is 2.36. The second-order valence-corrected chi connectivity index (χ2v) is 7.21. The van der Waals surface area contributed by atoms with E-state index in [1.54, 1.807) is 44.2 Å². The van der Waals surface area contributed by atoms with Gasteiger partial charge in [0.05, 0.1) is 18.9 Å². The van der Waals surface area contributed by atoms with E-state index in [1.165, 1.54) is 6.08 Å². The number of barbiturate groups is 1. The molecule has 0 unspecified atom stereocenters. The fourth-order valence-corrected chi connectivity index (χ4v) is 3.28. The highest BCUT2D eigenvalue weighted by Crippen LogP contribution is 2.30. The predicted octanol–water partition coefficient (Wildman–Crippen LogP) is 3.26. The van der Waals surface area contributed by atoms with Crippen molar-refractivity contribution in [2.24, 2.45) is 0 Å². The van der Waals surface area contributed by atoms with Gasteiger partial charge in [0.2, 0.25) is 0 Å². The zero-order chi connectivity index (χ0) is 24.7. The SMILES string of the molecule is CCOC(=O)COc1ccc(/C=C2/C(=O)NC(=O)N(c3ccc(CC)cc3)C2=O)cc1OCC. The van der Waals surface area contributed by atoms with Crippen LogP contribution in [0.1, 0.15) is 31.9 Å². The van der Waals surface area contributed by atoms with Gasteiger partial charge in [-0.05, 0) is 61.7 Å². The van der Waals surface area contributed by atoms with Crippen LogP contribution in [0, 0.1) is 0 Å². The fraction of sp³-hybridized carbons (Fsp3) is 0.280. The summed E-state index contributed by atoms with van der Waals surface area (Å²) in [6.45, 7) is 5.76. The maximum absolute atomic E-state index is 13.1. The minimum absolute atomic E-state index is 0.207. The first-order valence-corrected chi connectivity index (χ1v) is 10.9. The van der Waals surface area contributed by atoms with Crippen LogP contribution in [0.4, 0.5) is 10.5 Å². The van der Waals surface area contributed by atoms with E-state index in [-0.39, 0.29) is 18.8 Å². The third-order valence-corrected chi connectivity index (χ3v) is 4.93. The molecule has 9 nitrogen and oxygen atoms in total. The average Bonchev–Trinajstić information content (AvgIpc) is 2.82. The number of rotatable bonds is 9. The Labute approximate surface area is 197 Å². The van der Waals surface area contributed by atoms with Crippen molar-refractivity contribution in [3.8, 4) is 11.5 Å². The Kier molecular flexibility index (Phi) is 8.02. The van der Waals surface area contributed by atoms with E-state index in [0.717, 1.165) is 16.9 Å². The molecule has 0 bridgehead atoms. The molecule has 0 saturated carbocycles. The molecule has 0 radical (unpaired) electrons. The number of nitrogens with one attached hydrogen (secondary N) is 1. The van der Waals surface area contributed by atoms with Crippen molar-refractivity contribution in [1.29, 1.82) is 0 Å². The first-order valence-electron chi connectivity index (χ1n) is 10.9. The van der Waals surface area contributed by atoms with E-state index in [0.29, 0.717) is 29.4 Å². The molecule has 9 heteroatoms. The Balaban J connectivity index is 1.89. The summed E-state index contributed by atoms with van der Waals surface area (Å²) in [6, 6.07) is 10.9. The summed E-state index contributed by atoms with van der Waals surface area (Å²) in [7, 11) is 0. The molecule has 0 atom stereocenters. The highest BCUT2D eigenvalue weighted by atomic mass is 16.6. The number of benzene rings is 2. The molecule has 1 N–H and O–H groups in total. The third-order valence-electron chi connectivity index (χ3n) is 4.93. The molecular formula is C25H26N2O7. The molecule has 2 aromatic rings. The molecular weight excluding hydrogens is 440 g/mol. The predicted molar refractivity (Wildman–Crippen MR) is 125 cm³/mol. The quantitative estimate of drug-likeness (QED) is 0.343. The lowest BCUT2D eigenvalue weighted by atomic mass is 10.1. The number of anilines is 1. The van der Waals surface area contributed by atoms with Gasteiger partial charge in [-0.3, -0.25) is 14.9 Å². The number of carbonyl (C=O) groups excluding carboxylic acids is 4. The van der Waals surface area contributed by atoms with Crippen LogP contribution >= 0.6 is 0 Å². The smallest absolute Gasteiger partial charge is 0.344 e. The van der Waals surface area contributed by atoms with Crippen molar-refractivity contribution in [3.63, 3.8) is 0 Å². The summed E-state index contributed by atoms with van der Waals surface area (Å²) < 4.78 is 15.9. The number of aryl methyl sites for hydroxylation is 1. The maximum atomic E-state index is 13.1. The lowest BCUT2D eigenvalue weighted by Gasteiger charge is -2.26. The number of esters is 1. The van der Waals surface area contributed by atoms with Gasteiger partial charge in [0.1, 0.15) is 5.57 Å². The molecule has 0 aliphatic carbocycles. The van der Waals surface area contributed by atoms with Crippen molar-refractivity contribution >= 4 is 35.6 Å². The summed E-state index contributed by atoms with van der Waals surface area (Å²) in [6.07, 6.45) is 2.18. The Hall–Kier alpha value is -4.14. The largest absolute Gasteiger partial charge is 0.490 e.